The zero-order chi connectivity index (χ0) is 20.2. The predicted octanol–water partition coefficient (Wildman–Crippen LogP) is 3.43. The van der Waals surface area contributed by atoms with Crippen LogP contribution in [0.4, 0.5) is 5.69 Å². The third-order valence-corrected chi connectivity index (χ3v) is 4.25. The highest BCUT2D eigenvalue weighted by Gasteiger charge is 2.16. The Labute approximate surface area is 166 Å². The number of ketones is 1. The number of nitrogens with zero attached hydrogens (tertiary/aromatic N) is 1. The van der Waals surface area contributed by atoms with Crippen molar-refractivity contribution in [3.8, 4) is 22.8 Å². The van der Waals surface area contributed by atoms with Crippen LogP contribution in [0.2, 0.25) is 0 Å². The average Bonchev–Trinajstić information content (AvgIpc) is 3.37. The average molecular weight is 394 g/mol. The summed E-state index contributed by atoms with van der Waals surface area (Å²) >= 11 is 0. The van der Waals surface area contributed by atoms with E-state index in [9.17, 15) is 9.59 Å². The van der Waals surface area contributed by atoms with E-state index in [0.717, 1.165) is 5.56 Å². The molecular weight excluding hydrogens is 376 g/mol. The van der Waals surface area contributed by atoms with Gasteiger partial charge in [0.1, 0.15) is 12.3 Å². The number of carbonyl (C=O) groups is 2. The number of amides is 1. The molecule has 29 heavy (non-hydrogen) atoms. The van der Waals surface area contributed by atoms with Gasteiger partial charge in [0.15, 0.2) is 23.0 Å². The Balaban J connectivity index is 1.29. The Morgan fingerprint density at radius 2 is 1.97 bits per heavy atom. The van der Waals surface area contributed by atoms with Crippen molar-refractivity contribution < 1.29 is 28.3 Å². The number of fused-ring (bicyclic) bond motifs is 1. The van der Waals surface area contributed by atoms with Crippen LogP contribution in [0.25, 0.3) is 11.3 Å². The first-order valence-electron chi connectivity index (χ1n) is 8.93. The summed E-state index contributed by atoms with van der Waals surface area (Å²) < 4.78 is 21.4. The number of aromatic nitrogens is 1. The normalized spacial score (nSPS) is 12.0. The van der Waals surface area contributed by atoms with E-state index in [1.54, 1.807) is 30.3 Å². The standard InChI is InChI=1S/C21H18N2O6/c1-13(24)14-3-2-4-16(7-14)22-21(25)11-26-10-17-9-19(29-23-17)15-5-6-18-20(8-15)28-12-27-18/h2-9H,10-12H2,1H3,(H,22,25). The first-order chi connectivity index (χ1) is 14.1. The highest BCUT2D eigenvalue weighted by molar-refractivity contribution is 5.97. The molecule has 1 amide bonds. The number of carbonyl (C=O) groups excluding carboxylic acids is 2. The molecule has 8 nitrogen and oxygen atoms in total. The summed E-state index contributed by atoms with van der Waals surface area (Å²) in [4.78, 5) is 23.4. The summed E-state index contributed by atoms with van der Waals surface area (Å²) in [7, 11) is 0. The van der Waals surface area contributed by atoms with E-state index in [1.165, 1.54) is 6.92 Å². The SMILES string of the molecule is CC(=O)c1cccc(NC(=O)COCc2cc(-c3ccc4c(c3)OCO4)on2)c1. The molecular formula is C21H18N2O6. The fraction of sp³-hybridized carbons (Fsp3) is 0.190. The Kier molecular flexibility index (Phi) is 5.26. The maximum absolute atomic E-state index is 12.0. The second kappa shape index (κ2) is 8.15. The van der Waals surface area contributed by atoms with Gasteiger partial charge in [-0.15, -0.1) is 0 Å². The minimum atomic E-state index is -0.329. The van der Waals surface area contributed by atoms with Gasteiger partial charge in [0, 0.05) is 22.9 Å². The van der Waals surface area contributed by atoms with Gasteiger partial charge < -0.3 is 24.1 Å². The lowest BCUT2D eigenvalue weighted by Crippen LogP contribution is -2.18. The Hall–Kier alpha value is -3.65. The monoisotopic (exact) mass is 394 g/mol. The van der Waals surface area contributed by atoms with E-state index in [4.69, 9.17) is 18.7 Å². The lowest BCUT2D eigenvalue weighted by atomic mass is 10.1. The highest BCUT2D eigenvalue weighted by atomic mass is 16.7. The van der Waals surface area contributed by atoms with Gasteiger partial charge >= 0.3 is 0 Å². The van der Waals surface area contributed by atoms with Gasteiger partial charge in [-0.05, 0) is 37.3 Å². The van der Waals surface area contributed by atoms with Gasteiger partial charge in [-0.3, -0.25) is 9.59 Å². The van der Waals surface area contributed by atoms with Crippen LogP contribution in [0.5, 0.6) is 11.5 Å². The van der Waals surface area contributed by atoms with Crippen molar-refractivity contribution in [3.05, 3.63) is 59.8 Å². The molecule has 0 fully saturated rings. The molecule has 0 bridgehead atoms. The van der Waals surface area contributed by atoms with Crippen LogP contribution in [0, 0.1) is 0 Å². The van der Waals surface area contributed by atoms with E-state index in [0.29, 0.717) is 34.2 Å². The summed E-state index contributed by atoms with van der Waals surface area (Å²) in [6.07, 6.45) is 0. The molecule has 0 radical (unpaired) electrons. The van der Waals surface area contributed by atoms with Crippen molar-refractivity contribution in [1.82, 2.24) is 5.16 Å². The Morgan fingerprint density at radius 1 is 1.10 bits per heavy atom. The number of benzene rings is 2. The van der Waals surface area contributed by atoms with Gasteiger partial charge in [0.05, 0.1) is 6.61 Å². The van der Waals surface area contributed by atoms with Crippen LogP contribution in [-0.4, -0.2) is 30.2 Å². The van der Waals surface area contributed by atoms with E-state index < -0.39 is 0 Å². The molecule has 0 unspecified atom stereocenters. The molecule has 1 aliphatic rings. The van der Waals surface area contributed by atoms with Crippen molar-refractivity contribution in [2.24, 2.45) is 0 Å². The third kappa shape index (κ3) is 4.44. The van der Waals surface area contributed by atoms with Gasteiger partial charge in [-0.25, -0.2) is 0 Å². The second-order valence-electron chi connectivity index (χ2n) is 6.43. The number of Topliss-reactive ketones (excluding diaryl/α,β-unsaturated/α-hetero) is 1. The van der Waals surface area contributed by atoms with Crippen molar-refractivity contribution in [2.45, 2.75) is 13.5 Å². The van der Waals surface area contributed by atoms with E-state index in [1.807, 2.05) is 18.2 Å². The van der Waals surface area contributed by atoms with Crippen molar-refractivity contribution in [1.29, 1.82) is 0 Å². The fourth-order valence-corrected chi connectivity index (χ4v) is 2.83. The van der Waals surface area contributed by atoms with Crippen LogP contribution < -0.4 is 14.8 Å². The number of rotatable bonds is 7. The van der Waals surface area contributed by atoms with Gasteiger partial charge in [-0.2, -0.15) is 0 Å². The Bertz CT molecular complexity index is 1060. The molecule has 1 N–H and O–H groups in total. The lowest BCUT2D eigenvalue weighted by Gasteiger charge is -2.06. The van der Waals surface area contributed by atoms with Crippen LogP contribution in [0.1, 0.15) is 23.0 Å². The topological polar surface area (TPSA) is 99.9 Å². The fourth-order valence-electron chi connectivity index (χ4n) is 2.83. The predicted molar refractivity (Wildman–Crippen MR) is 103 cm³/mol. The van der Waals surface area contributed by atoms with E-state index in [2.05, 4.69) is 10.5 Å². The molecule has 1 aromatic heterocycles. The minimum absolute atomic E-state index is 0.0679. The van der Waals surface area contributed by atoms with Crippen LogP contribution in [-0.2, 0) is 16.1 Å². The quantitative estimate of drug-likeness (QED) is 0.613. The zero-order valence-corrected chi connectivity index (χ0v) is 15.6. The molecule has 3 aromatic rings. The van der Waals surface area contributed by atoms with Crippen LogP contribution >= 0.6 is 0 Å². The number of ether oxygens (including phenoxy) is 3. The smallest absolute Gasteiger partial charge is 0.250 e. The van der Waals surface area contributed by atoms with E-state index in [-0.39, 0.29) is 31.7 Å². The molecule has 0 saturated heterocycles. The molecule has 4 rings (SSSR count). The maximum Gasteiger partial charge on any atom is 0.250 e. The largest absolute Gasteiger partial charge is 0.454 e. The summed E-state index contributed by atoms with van der Waals surface area (Å²) in [6.45, 7) is 1.64. The minimum Gasteiger partial charge on any atom is -0.454 e. The van der Waals surface area contributed by atoms with Gasteiger partial charge in [0.25, 0.3) is 0 Å². The second-order valence-corrected chi connectivity index (χ2v) is 6.43. The molecule has 0 saturated carbocycles. The third-order valence-electron chi connectivity index (χ3n) is 4.25. The molecule has 0 atom stereocenters. The number of hydrogen-bond acceptors (Lipinski definition) is 7. The Morgan fingerprint density at radius 3 is 2.83 bits per heavy atom. The first-order valence-corrected chi connectivity index (χ1v) is 8.93. The lowest BCUT2D eigenvalue weighted by molar-refractivity contribution is -0.121. The summed E-state index contributed by atoms with van der Waals surface area (Å²) in [5.74, 6) is 1.51. The molecule has 148 valence electrons. The number of nitrogens with one attached hydrogen (secondary N) is 1. The molecule has 0 spiro atoms. The van der Waals surface area contributed by atoms with Gasteiger partial charge in [-0.1, -0.05) is 17.3 Å². The molecule has 2 aromatic carbocycles. The maximum atomic E-state index is 12.0. The first kappa shape index (κ1) is 18.7. The van der Waals surface area contributed by atoms with Crippen molar-refractivity contribution >= 4 is 17.4 Å². The number of anilines is 1. The van der Waals surface area contributed by atoms with Crippen molar-refractivity contribution in [3.63, 3.8) is 0 Å². The molecule has 1 aliphatic heterocycles. The summed E-state index contributed by atoms with van der Waals surface area (Å²) in [5.41, 5.74) is 2.43. The molecule has 2 heterocycles. The van der Waals surface area contributed by atoms with Gasteiger partial charge in [0.2, 0.25) is 12.7 Å². The number of hydrogen-bond donors (Lipinski definition) is 1. The van der Waals surface area contributed by atoms with Crippen LogP contribution in [0.15, 0.2) is 53.1 Å². The summed E-state index contributed by atoms with van der Waals surface area (Å²) in [6, 6.07) is 13.9. The van der Waals surface area contributed by atoms with E-state index >= 15 is 0 Å². The van der Waals surface area contributed by atoms with Crippen LogP contribution in [0.3, 0.4) is 0 Å². The zero-order valence-electron chi connectivity index (χ0n) is 15.6. The van der Waals surface area contributed by atoms with Crippen molar-refractivity contribution in [2.75, 3.05) is 18.7 Å². The molecule has 8 heteroatoms. The highest BCUT2D eigenvalue weighted by Crippen LogP contribution is 2.36. The summed E-state index contributed by atoms with van der Waals surface area (Å²) in [5, 5.41) is 6.65. The molecule has 0 aliphatic carbocycles.